The molecule has 0 N–H and O–H groups in total. The molecule has 0 fully saturated rings. The van der Waals surface area contributed by atoms with Crippen molar-refractivity contribution in [2.24, 2.45) is 0 Å². The van der Waals surface area contributed by atoms with E-state index in [0.29, 0.717) is 9.50 Å². The fourth-order valence-corrected chi connectivity index (χ4v) is 4.80. The summed E-state index contributed by atoms with van der Waals surface area (Å²) in [7, 11) is -3.25. The summed E-state index contributed by atoms with van der Waals surface area (Å²) in [6.45, 7) is 2.06. The zero-order valence-corrected chi connectivity index (χ0v) is 14.8. The van der Waals surface area contributed by atoms with Crippen molar-refractivity contribution >= 4 is 32.9 Å². The van der Waals surface area contributed by atoms with Crippen molar-refractivity contribution in [2.45, 2.75) is 27.0 Å². The van der Waals surface area contributed by atoms with Crippen molar-refractivity contribution in [3.05, 3.63) is 36.0 Å². The van der Waals surface area contributed by atoms with Crippen LogP contribution in [-0.4, -0.2) is 39.9 Å². The lowest BCUT2D eigenvalue weighted by molar-refractivity contribution is 0.603. The van der Waals surface area contributed by atoms with Gasteiger partial charge in [0.2, 0.25) is 5.16 Å². The van der Waals surface area contributed by atoms with Crippen LogP contribution in [0, 0.1) is 0 Å². The summed E-state index contributed by atoms with van der Waals surface area (Å²) >= 11 is 2.35. The Balaban J connectivity index is 1.94. The average molecular weight is 367 g/mol. The molecule has 0 saturated carbocycles. The molecule has 3 rings (SSSR count). The summed E-state index contributed by atoms with van der Waals surface area (Å²) < 4.78 is 25.5. The Bertz CT molecular complexity index is 933. The zero-order valence-electron chi connectivity index (χ0n) is 12.4. The standard InChI is InChI=1S/C13H13N5O2S3/c1-3-9-6-4-5-7-10(9)18-12(15-16-17-18)22-13-14-8-11(21-13)23(2,19)20/h4-8H,3H2,1-2H3. The Labute approximate surface area is 141 Å². The highest BCUT2D eigenvalue weighted by atomic mass is 32.2. The van der Waals surface area contributed by atoms with Crippen LogP contribution in [-0.2, 0) is 16.3 Å². The van der Waals surface area contributed by atoms with Crippen LogP contribution in [0.4, 0.5) is 0 Å². The molecule has 0 aliphatic rings. The number of para-hydroxylation sites is 1. The fourth-order valence-electron chi connectivity index (χ4n) is 1.95. The van der Waals surface area contributed by atoms with E-state index in [4.69, 9.17) is 0 Å². The summed E-state index contributed by atoms with van der Waals surface area (Å²) in [6.07, 6.45) is 3.38. The number of thiazole rings is 1. The van der Waals surface area contributed by atoms with Crippen LogP contribution in [0.1, 0.15) is 12.5 Å². The Hall–Kier alpha value is -1.78. The summed E-state index contributed by atoms with van der Waals surface area (Å²) in [5.74, 6) is 0. The first-order chi connectivity index (χ1) is 11.0. The van der Waals surface area contributed by atoms with Gasteiger partial charge in [-0.15, -0.1) is 5.10 Å². The third-order valence-corrected chi connectivity index (χ3v) is 6.85. The highest BCUT2D eigenvalue weighted by Gasteiger charge is 2.17. The highest BCUT2D eigenvalue weighted by Crippen LogP contribution is 2.32. The van der Waals surface area contributed by atoms with Crippen molar-refractivity contribution < 1.29 is 8.42 Å². The number of aromatic nitrogens is 5. The maximum absolute atomic E-state index is 11.5. The summed E-state index contributed by atoms with van der Waals surface area (Å²) in [4.78, 5) is 4.13. The van der Waals surface area contributed by atoms with E-state index >= 15 is 0 Å². The van der Waals surface area contributed by atoms with Crippen LogP contribution >= 0.6 is 23.1 Å². The van der Waals surface area contributed by atoms with Gasteiger partial charge in [0.1, 0.15) is 4.21 Å². The van der Waals surface area contributed by atoms with Gasteiger partial charge in [-0.2, -0.15) is 4.68 Å². The van der Waals surface area contributed by atoms with Gasteiger partial charge in [0.05, 0.1) is 11.9 Å². The molecule has 23 heavy (non-hydrogen) atoms. The molecular formula is C13H13N5O2S3. The van der Waals surface area contributed by atoms with Crippen molar-refractivity contribution in [3.8, 4) is 5.69 Å². The lowest BCUT2D eigenvalue weighted by Crippen LogP contribution is -2.02. The Morgan fingerprint density at radius 3 is 2.78 bits per heavy atom. The van der Waals surface area contributed by atoms with Crippen molar-refractivity contribution in [3.63, 3.8) is 0 Å². The predicted octanol–water partition coefficient (Wildman–Crippen LogP) is 2.24. The van der Waals surface area contributed by atoms with Crippen molar-refractivity contribution in [1.29, 1.82) is 0 Å². The van der Waals surface area contributed by atoms with Crippen LogP contribution in [0.15, 0.2) is 44.2 Å². The molecule has 10 heteroatoms. The van der Waals surface area contributed by atoms with Gasteiger partial charge in [-0.25, -0.2) is 13.4 Å². The van der Waals surface area contributed by atoms with Gasteiger partial charge in [-0.05, 0) is 40.2 Å². The van der Waals surface area contributed by atoms with Gasteiger partial charge in [0.15, 0.2) is 14.2 Å². The number of tetrazole rings is 1. The Morgan fingerprint density at radius 1 is 1.30 bits per heavy atom. The summed E-state index contributed by atoms with van der Waals surface area (Å²) in [5.41, 5.74) is 2.03. The number of nitrogens with zero attached hydrogens (tertiary/aromatic N) is 5. The number of rotatable bonds is 5. The second-order valence-corrected chi connectivity index (χ2v) is 9.16. The lowest BCUT2D eigenvalue weighted by atomic mass is 10.1. The second-order valence-electron chi connectivity index (χ2n) is 4.67. The minimum Gasteiger partial charge on any atom is -0.236 e. The maximum Gasteiger partial charge on any atom is 0.221 e. The molecule has 0 radical (unpaired) electrons. The number of benzene rings is 1. The van der Waals surface area contributed by atoms with E-state index in [-0.39, 0.29) is 4.21 Å². The molecule has 120 valence electrons. The molecule has 0 aliphatic heterocycles. The lowest BCUT2D eigenvalue weighted by Gasteiger charge is -2.07. The van der Waals surface area contributed by atoms with E-state index in [0.717, 1.165) is 35.3 Å². The minimum atomic E-state index is -3.25. The van der Waals surface area contributed by atoms with Gasteiger partial charge in [-0.3, -0.25) is 0 Å². The molecule has 0 unspecified atom stereocenters. The average Bonchev–Trinajstić information content (AvgIpc) is 3.16. The minimum absolute atomic E-state index is 0.230. The second kappa shape index (κ2) is 6.38. The SMILES string of the molecule is CCc1ccccc1-n1nnnc1Sc1ncc(S(C)(=O)=O)s1. The number of hydrogen-bond acceptors (Lipinski definition) is 8. The van der Waals surface area contributed by atoms with E-state index in [1.807, 2.05) is 24.3 Å². The predicted molar refractivity (Wildman–Crippen MR) is 87.9 cm³/mol. The van der Waals surface area contributed by atoms with Gasteiger partial charge in [0, 0.05) is 6.26 Å². The van der Waals surface area contributed by atoms with Crippen LogP contribution in [0.5, 0.6) is 0 Å². The molecule has 7 nitrogen and oxygen atoms in total. The Kier molecular flexibility index (Phi) is 4.46. The molecule has 3 aromatic rings. The quantitative estimate of drug-likeness (QED) is 0.683. The maximum atomic E-state index is 11.5. The van der Waals surface area contributed by atoms with Gasteiger partial charge < -0.3 is 0 Å². The normalized spacial score (nSPS) is 11.7. The first-order valence-electron chi connectivity index (χ1n) is 6.69. The van der Waals surface area contributed by atoms with Crippen LogP contribution in [0.2, 0.25) is 0 Å². The van der Waals surface area contributed by atoms with Gasteiger partial charge >= 0.3 is 0 Å². The molecule has 0 spiro atoms. The van der Waals surface area contributed by atoms with E-state index in [1.165, 1.54) is 18.0 Å². The third-order valence-electron chi connectivity index (χ3n) is 3.05. The van der Waals surface area contributed by atoms with Crippen molar-refractivity contribution in [2.75, 3.05) is 6.26 Å². The largest absolute Gasteiger partial charge is 0.236 e. The van der Waals surface area contributed by atoms with Crippen LogP contribution < -0.4 is 0 Å². The first kappa shape index (κ1) is 16.1. The summed E-state index contributed by atoms with van der Waals surface area (Å²) in [6, 6.07) is 7.87. The monoisotopic (exact) mass is 367 g/mol. The molecule has 0 amide bonds. The highest BCUT2D eigenvalue weighted by molar-refractivity contribution is 8.01. The number of hydrogen-bond donors (Lipinski definition) is 0. The smallest absolute Gasteiger partial charge is 0.221 e. The van der Waals surface area contributed by atoms with E-state index in [2.05, 4.69) is 27.4 Å². The van der Waals surface area contributed by atoms with E-state index in [9.17, 15) is 8.42 Å². The zero-order chi connectivity index (χ0) is 16.4. The molecule has 1 aromatic carbocycles. The molecule has 0 aliphatic carbocycles. The van der Waals surface area contributed by atoms with E-state index in [1.54, 1.807) is 4.68 Å². The fraction of sp³-hybridized carbons (Fsp3) is 0.231. The number of sulfone groups is 1. The molecule has 0 bridgehead atoms. The first-order valence-corrected chi connectivity index (χ1v) is 10.2. The molecular weight excluding hydrogens is 354 g/mol. The van der Waals surface area contributed by atoms with Crippen LogP contribution in [0.25, 0.3) is 5.69 Å². The molecule has 2 aromatic heterocycles. The molecule has 0 atom stereocenters. The topological polar surface area (TPSA) is 90.6 Å². The Morgan fingerprint density at radius 2 is 2.09 bits per heavy atom. The van der Waals surface area contributed by atoms with Crippen molar-refractivity contribution in [1.82, 2.24) is 25.2 Å². The molecule has 2 heterocycles. The third kappa shape index (κ3) is 3.43. The van der Waals surface area contributed by atoms with Crippen LogP contribution in [0.3, 0.4) is 0 Å². The molecule has 0 saturated heterocycles. The number of aryl methyl sites for hydroxylation is 1. The summed E-state index contributed by atoms with van der Waals surface area (Å²) in [5, 5.41) is 12.3. The van der Waals surface area contributed by atoms with E-state index < -0.39 is 9.84 Å². The van der Waals surface area contributed by atoms with Gasteiger partial charge in [-0.1, -0.05) is 36.5 Å². The van der Waals surface area contributed by atoms with Gasteiger partial charge in [0.25, 0.3) is 0 Å².